The van der Waals surface area contributed by atoms with Crippen molar-refractivity contribution in [3.05, 3.63) is 72.1 Å². The number of para-hydroxylation sites is 1. The number of amides is 1. The first-order valence-corrected chi connectivity index (χ1v) is 7.36. The fraction of sp³-hybridized carbons (Fsp3) is 0. The number of hydrogen-bond donors (Lipinski definition) is 2. The number of carbonyl (C=O) groups is 1. The monoisotopic (exact) mass is 328 g/mol. The molecule has 0 aliphatic carbocycles. The van der Waals surface area contributed by atoms with E-state index in [2.05, 4.69) is 10.6 Å². The van der Waals surface area contributed by atoms with Gasteiger partial charge in [-0.2, -0.15) is 10.5 Å². The third kappa shape index (κ3) is 3.66. The zero-order valence-electron chi connectivity index (χ0n) is 13.0. The summed E-state index contributed by atoms with van der Waals surface area (Å²) in [4.78, 5) is 12.3. The number of nitrogens with one attached hydrogen (secondary N) is 2. The summed E-state index contributed by atoms with van der Waals surface area (Å²) in [5.41, 5.74) is 1.91. The van der Waals surface area contributed by atoms with Crippen LogP contribution in [0.5, 0.6) is 0 Å². The Morgan fingerprint density at radius 3 is 2.36 bits per heavy atom. The van der Waals surface area contributed by atoms with E-state index in [0.29, 0.717) is 17.0 Å². The fourth-order valence-corrected chi connectivity index (χ4v) is 2.18. The van der Waals surface area contributed by atoms with Crippen molar-refractivity contribution in [1.82, 2.24) is 0 Å². The number of rotatable bonds is 4. The fourth-order valence-electron chi connectivity index (χ4n) is 2.18. The predicted octanol–water partition coefficient (Wildman–Crippen LogP) is 4.03. The first kappa shape index (κ1) is 15.9. The number of carbonyl (C=O) groups excluding carboxylic acids is 1. The van der Waals surface area contributed by atoms with E-state index in [0.717, 1.165) is 5.39 Å². The highest BCUT2D eigenvalue weighted by Gasteiger charge is 2.12. The molecule has 0 atom stereocenters. The van der Waals surface area contributed by atoms with Gasteiger partial charge in [-0.1, -0.05) is 18.2 Å². The first-order valence-electron chi connectivity index (χ1n) is 7.36. The topological polar surface area (TPSA) is 102 Å². The van der Waals surface area contributed by atoms with Crippen LogP contribution in [0, 0.1) is 22.7 Å². The average molecular weight is 328 g/mol. The Morgan fingerprint density at radius 1 is 1.00 bits per heavy atom. The molecule has 2 N–H and O–H groups in total. The second-order valence-corrected chi connectivity index (χ2v) is 5.11. The summed E-state index contributed by atoms with van der Waals surface area (Å²) in [5, 5.41) is 23.8. The molecule has 120 valence electrons. The minimum atomic E-state index is -0.340. The molecule has 6 nitrogen and oxygen atoms in total. The minimum Gasteiger partial charge on any atom is -0.451 e. The van der Waals surface area contributed by atoms with Crippen LogP contribution >= 0.6 is 0 Å². The third-order valence-electron chi connectivity index (χ3n) is 3.42. The quantitative estimate of drug-likeness (QED) is 0.704. The maximum atomic E-state index is 12.3. The summed E-state index contributed by atoms with van der Waals surface area (Å²) in [6, 6.07) is 19.5. The highest BCUT2D eigenvalue weighted by Crippen LogP contribution is 2.20. The van der Waals surface area contributed by atoms with E-state index in [4.69, 9.17) is 14.9 Å². The zero-order chi connectivity index (χ0) is 17.6. The van der Waals surface area contributed by atoms with E-state index in [1.165, 1.54) is 6.20 Å². The Kier molecular flexibility index (Phi) is 4.46. The lowest BCUT2D eigenvalue weighted by Crippen LogP contribution is -2.10. The lowest BCUT2D eigenvalue weighted by atomic mass is 10.2. The van der Waals surface area contributed by atoms with Crippen LogP contribution in [0.4, 0.5) is 11.4 Å². The van der Waals surface area contributed by atoms with Crippen LogP contribution in [-0.4, -0.2) is 5.91 Å². The largest absolute Gasteiger partial charge is 0.451 e. The molecule has 1 heterocycles. The number of allylic oxidation sites excluding steroid dienone is 1. The average Bonchev–Trinajstić information content (AvgIpc) is 3.08. The molecule has 0 unspecified atom stereocenters. The van der Waals surface area contributed by atoms with Gasteiger partial charge < -0.3 is 15.1 Å². The molecule has 1 amide bonds. The smallest absolute Gasteiger partial charge is 0.291 e. The van der Waals surface area contributed by atoms with Gasteiger partial charge in [0.05, 0.1) is 0 Å². The van der Waals surface area contributed by atoms with Crippen molar-refractivity contribution >= 4 is 28.3 Å². The van der Waals surface area contributed by atoms with Crippen LogP contribution in [0.1, 0.15) is 10.6 Å². The lowest BCUT2D eigenvalue weighted by Gasteiger charge is -2.05. The summed E-state index contributed by atoms with van der Waals surface area (Å²) < 4.78 is 5.52. The van der Waals surface area contributed by atoms with Gasteiger partial charge in [0.1, 0.15) is 23.3 Å². The Balaban J connectivity index is 1.69. The molecule has 2 aromatic carbocycles. The number of benzene rings is 2. The van der Waals surface area contributed by atoms with Gasteiger partial charge in [-0.15, -0.1) is 0 Å². The molecule has 3 rings (SSSR count). The summed E-state index contributed by atoms with van der Waals surface area (Å²) in [7, 11) is 0. The second-order valence-electron chi connectivity index (χ2n) is 5.11. The molecule has 0 saturated carbocycles. The maximum absolute atomic E-state index is 12.3. The third-order valence-corrected chi connectivity index (χ3v) is 3.42. The van der Waals surface area contributed by atoms with Crippen molar-refractivity contribution in [3.63, 3.8) is 0 Å². The molecule has 0 radical (unpaired) electrons. The van der Waals surface area contributed by atoms with E-state index >= 15 is 0 Å². The predicted molar refractivity (Wildman–Crippen MR) is 93.5 cm³/mol. The van der Waals surface area contributed by atoms with Gasteiger partial charge in [-0.05, 0) is 36.4 Å². The minimum absolute atomic E-state index is 0.0257. The van der Waals surface area contributed by atoms with Gasteiger partial charge in [0, 0.05) is 23.0 Å². The first-order chi connectivity index (χ1) is 12.2. The standard InChI is InChI=1S/C19H12N4O2/c20-10-13(11-21)12-22-15-5-7-16(8-6-15)23-19(24)18-9-14-3-1-2-4-17(14)25-18/h1-9,12,22H,(H,23,24). The normalized spacial score (nSPS) is 9.68. The van der Waals surface area contributed by atoms with Crippen molar-refractivity contribution < 1.29 is 9.21 Å². The molecule has 6 heteroatoms. The molecular weight excluding hydrogens is 316 g/mol. The molecule has 0 fully saturated rings. The number of fused-ring (bicyclic) bond motifs is 1. The van der Waals surface area contributed by atoms with Gasteiger partial charge >= 0.3 is 0 Å². The SMILES string of the molecule is N#CC(C#N)=CNc1ccc(NC(=O)c2cc3ccccc3o2)cc1. The molecule has 0 spiro atoms. The van der Waals surface area contributed by atoms with Gasteiger partial charge in [0.2, 0.25) is 0 Å². The number of furan rings is 1. The summed E-state index contributed by atoms with van der Waals surface area (Å²) >= 11 is 0. The molecular formula is C19H12N4O2. The van der Waals surface area contributed by atoms with E-state index in [1.807, 2.05) is 18.2 Å². The maximum Gasteiger partial charge on any atom is 0.291 e. The Bertz CT molecular complexity index is 985. The molecule has 0 saturated heterocycles. The number of anilines is 2. The molecule has 0 aliphatic heterocycles. The van der Waals surface area contributed by atoms with Gasteiger partial charge in [0.25, 0.3) is 5.91 Å². The lowest BCUT2D eigenvalue weighted by molar-refractivity contribution is 0.0998. The van der Waals surface area contributed by atoms with E-state index in [-0.39, 0.29) is 17.2 Å². The van der Waals surface area contributed by atoms with Gasteiger partial charge in [-0.3, -0.25) is 4.79 Å². The van der Waals surface area contributed by atoms with E-state index in [9.17, 15) is 4.79 Å². The summed E-state index contributed by atoms with van der Waals surface area (Å²) in [5.74, 6) is -0.105. The van der Waals surface area contributed by atoms with Crippen LogP contribution in [0.25, 0.3) is 11.0 Å². The van der Waals surface area contributed by atoms with Crippen LogP contribution in [0.3, 0.4) is 0 Å². The Labute approximate surface area is 143 Å². The molecule has 3 aromatic rings. The molecule has 0 aliphatic rings. The van der Waals surface area contributed by atoms with Crippen molar-refractivity contribution in [2.24, 2.45) is 0 Å². The van der Waals surface area contributed by atoms with Crippen molar-refractivity contribution in [3.8, 4) is 12.1 Å². The van der Waals surface area contributed by atoms with Crippen LogP contribution in [-0.2, 0) is 0 Å². The van der Waals surface area contributed by atoms with Gasteiger partial charge in [-0.25, -0.2) is 0 Å². The van der Waals surface area contributed by atoms with Crippen molar-refractivity contribution in [1.29, 1.82) is 10.5 Å². The van der Waals surface area contributed by atoms with Gasteiger partial charge in [0.15, 0.2) is 5.76 Å². The highest BCUT2D eigenvalue weighted by molar-refractivity contribution is 6.04. The highest BCUT2D eigenvalue weighted by atomic mass is 16.3. The molecule has 25 heavy (non-hydrogen) atoms. The Hall–Kier alpha value is -4.03. The van der Waals surface area contributed by atoms with E-state index in [1.54, 1.807) is 48.5 Å². The number of nitrogens with zero attached hydrogens (tertiary/aromatic N) is 2. The van der Waals surface area contributed by atoms with Crippen molar-refractivity contribution in [2.45, 2.75) is 0 Å². The van der Waals surface area contributed by atoms with Crippen molar-refractivity contribution in [2.75, 3.05) is 10.6 Å². The van der Waals surface area contributed by atoms with Crippen LogP contribution in [0.15, 0.2) is 70.8 Å². The summed E-state index contributed by atoms with van der Waals surface area (Å²) in [6.45, 7) is 0. The zero-order valence-corrected chi connectivity index (χ0v) is 13.0. The Morgan fingerprint density at radius 2 is 1.68 bits per heavy atom. The number of nitriles is 2. The van der Waals surface area contributed by atoms with Crippen LogP contribution < -0.4 is 10.6 Å². The second kappa shape index (κ2) is 7.03. The van der Waals surface area contributed by atoms with E-state index < -0.39 is 0 Å². The molecule has 1 aromatic heterocycles. The summed E-state index contributed by atoms with van der Waals surface area (Å²) in [6.07, 6.45) is 1.32. The van der Waals surface area contributed by atoms with Crippen LogP contribution in [0.2, 0.25) is 0 Å². The number of hydrogen-bond acceptors (Lipinski definition) is 5. The molecule has 0 bridgehead atoms.